The quantitative estimate of drug-likeness (QED) is 0.858. The van der Waals surface area contributed by atoms with E-state index in [9.17, 15) is 18.8 Å². The normalized spacial score (nSPS) is 14.3. The molecule has 1 aliphatic heterocycles. The first-order valence-corrected chi connectivity index (χ1v) is 8.04. The van der Waals surface area contributed by atoms with Crippen molar-refractivity contribution >= 4 is 29.2 Å². The summed E-state index contributed by atoms with van der Waals surface area (Å²) < 4.78 is 18.8. The van der Waals surface area contributed by atoms with Gasteiger partial charge in [-0.2, -0.15) is 0 Å². The summed E-state index contributed by atoms with van der Waals surface area (Å²) in [5, 5.41) is 2.68. The standard InChI is InChI=1S/C19H17FN2O4/c1-11-7-8-13(9-14(11)20)19(25)26-12(2)18(24)22-10-17(23)21-15-5-3-4-6-16(15)22/h3-9,12H,10H2,1-2H3,(H,21,23)/t12-/m0/s1. The number of anilines is 2. The fraction of sp³-hybridized carbons (Fsp3) is 0.211. The van der Waals surface area contributed by atoms with Crippen molar-refractivity contribution in [3.63, 3.8) is 0 Å². The highest BCUT2D eigenvalue weighted by Gasteiger charge is 2.31. The predicted octanol–water partition coefficient (Wildman–Crippen LogP) is 2.66. The second-order valence-corrected chi connectivity index (χ2v) is 6.00. The van der Waals surface area contributed by atoms with Gasteiger partial charge < -0.3 is 10.1 Å². The molecule has 0 spiro atoms. The summed E-state index contributed by atoms with van der Waals surface area (Å²) in [6.07, 6.45) is -1.13. The summed E-state index contributed by atoms with van der Waals surface area (Å²) in [4.78, 5) is 38.0. The first kappa shape index (κ1) is 17.6. The highest BCUT2D eigenvalue weighted by Crippen LogP contribution is 2.29. The molecule has 0 saturated heterocycles. The zero-order valence-corrected chi connectivity index (χ0v) is 14.3. The number of hydrogen-bond acceptors (Lipinski definition) is 4. The van der Waals surface area contributed by atoms with E-state index in [0.29, 0.717) is 16.9 Å². The van der Waals surface area contributed by atoms with Crippen molar-refractivity contribution in [1.82, 2.24) is 0 Å². The molecule has 1 aliphatic rings. The molecule has 26 heavy (non-hydrogen) atoms. The number of halogens is 1. The molecule has 0 bridgehead atoms. The molecule has 1 heterocycles. The van der Waals surface area contributed by atoms with Gasteiger partial charge in [-0.3, -0.25) is 14.5 Å². The van der Waals surface area contributed by atoms with Crippen LogP contribution in [0.5, 0.6) is 0 Å². The third kappa shape index (κ3) is 3.42. The van der Waals surface area contributed by atoms with Gasteiger partial charge in [0, 0.05) is 0 Å². The maximum Gasteiger partial charge on any atom is 0.339 e. The summed E-state index contributed by atoms with van der Waals surface area (Å²) in [5.41, 5.74) is 1.46. The molecule has 0 aliphatic carbocycles. The van der Waals surface area contributed by atoms with Crippen LogP contribution in [0.15, 0.2) is 42.5 Å². The van der Waals surface area contributed by atoms with Crippen LogP contribution >= 0.6 is 0 Å². The Balaban J connectivity index is 1.76. The first-order valence-electron chi connectivity index (χ1n) is 8.04. The monoisotopic (exact) mass is 356 g/mol. The fourth-order valence-corrected chi connectivity index (χ4v) is 2.65. The summed E-state index contributed by atoms with van der Waals surface area (Å²) in [5.74, 6) is -2.20. The Morgan fingerprint density at radius 2 is 1.96 bits per heavy atom. The van der Waals surface area contributed by atoms with Gasteiger partial charge in [0.15, 0.2) is 6.10 Å². The number of aryl methyl sites for hydroxylation is 1. The van der Waals surface area contributed by atoms with Crippen molar-refractivity contribution in [2.45, 2.75) is 20.0 Å². The molecule has 2 aromatic carbocycles. The molecule has 0 aromatic heterocycles. The Morgan fingerprint density at radius 3 is 2.69 bits per heavy atom. The van der Waals surface area contributed by atoms with E-state index in [1.54, 1.807) is 31.2 Å². The van der Waals surface area contributed by atoms with Crippen molar-refractivity contribution in [2.24, 2.45) is 0 Å². The summed E-state index contributed by atoms with van der Waals surface area (Å²) in [6, 6.07) is 10.8. The third-order valence-electron chi connectivity index (χ3n) is 4.08. The minimum Gasteiger partial charge on any atom is -0.449 e. The van der Waals surface area contributed by atoms with Crippen LogP contribution in [0.3, 0.4) is 0 Å². The molecular formula is C19H17FN2O4. The van der Waals surface area contributed by atoms with Crippen LogP contribution in [0.2, 0.25) is 0 Å². The SMILES string of the molecule is Cc1ccc(C(=O)O[C@@H](C)C(=O)N2CC(=O)Nc3ccccc32)cc1F. The average Bonchev–Trinajstić information content (AvgIpc) is 2.62. The summed E-state index contributed by atoms with van der Waals surface area (Å²) in [6.45, 7) is 2.83. The van der Waals surface area contributed by atoms with Crippen LogP contribution in [-0.2, 0) is 14.3 Å². The lowest BCUT2D eigenvalue weighted by atomic mass is 10.1. The van der Waals surface area contributed by atoms with Crippen LogP contribution in [0, 0.1) is 12.7 Å². The van der Waals surface area contributed by atoms with Gasteiger partial charge >= 0.3 is 5.97 Å². The van der Waals surface area contributed by atoms with E-state index in [1.165, 1.54) is 24.0 Å². The van der Waals surface area contributed by atoms with Crippen LogP contribution in [0.4, 0.5) is 15.8 Å². The number of ether oxygens (including phenoxy) is 1. The number of fused-ring (bicyclic) bond motifs is 1. The predicted molar refractivity (Wildman–Crippen MR) is 93.4 cm³/mol. The minimum absolute atomic E-state index is 0.0181. The van der Waals surface area contributed by atoms with Gasteiger partial charge in [0.2, 0.25) is 5.91 Å². The first-order chi connectivity index (χ1) is 12.4. The number of carbonyl (C=O) groups is 3. The number of benzene rings is 2. The van der Waals surface area contributed by atoms with Crippen molar-refractivity contribution in [1.29, 1.82) is 0 Å². The zero-order chi connectivity index (χ0) is 18.8. The number of nitrogens with zero attached hydrogens (tertiary/aromatic N) is 1. The summed E-state index contributed by atoms with van der Waals surface area (Å²) in [7, 11) is 0. The number of rotatable bonds is 3. The van der Waals surface area contributed by atoms with Gasteiger partial charge in [-0.15, -0.1) is 0 Å². The van der Waals surface area contributed by atoms with E-state index in [1.807, 2.05) is 0 Å². The molecule has 6 nitrogen and oxygen atoms in total. The lowest BCUT2D eigenvalue weighted by Crippen LogP contribution is -2.47. The number of amides is 2. The fourth-order valence-electron chi connectivity index (χ4n) is 2.65. The number of para-hydroxylation sites is 2. The van der Waals surface area contributed by atoms with Gasteiger partial charge in [0.1, 0.15) is 12.4 Å². The van der Waals surface area contributed by atoms with Crippen molar-refractivity contribution < 1.29 is 23.5 Å². The molecule has 134 valence electrons. The molecule has 2 aromatic rings. The number of hydrogen-bond donors (Lipinski definition) is 1. The third-order valence-corrected chi connectivity index (χ3v) is 4.08. The van der Waals surface area contributed by atoms with E-state index in [0.717, 1.165) is 6.07 Å². The highest BCUT2D eigenvalue weighted by atomic mass is 19.1. The second kappa shape index (κ2) is 6.95. The molecule has 0 fully saturated rings. The molecule has 3 rings (SSSR count). The molecule has 0 saturated carbocycles. The van der Waals surface area contributed by atoms with Crippen LogP contribution in [0.25, 0.3) is 0 Å². The van der Waals surface area contributed by atoms with E-state index in [4.69, 9.17) is 4.74 Å². The molecular weight excluding hydrogens is 339 g/mol. The summed E-state index contributed by atoms with van der Waals surface area (Å²) >= 11 is 0. The van der Waals surface area contributed by atoms with E-state index < -0.39 is 23.8 Å². The molecule has 7 heteroatoms. The molecule has 2 amide bonds. The minimum atomic E-state index is -1.13. The number of carbonyl (C=O) groups excluding carboxylic acids is 3. The molecule has 1 atom stereocenters. The Bertz CT molecular complexity index is 897. The van der Waals surface area contributed by atoms with Gasteiger partial charge in [-0.05, 0) is 43.7 Å². The lowest BCUT2D eigenvalue weighted by Gasteiger charge is -2.30. The van der Waals surface area contributed by atoms with Crippen molar-refractivity contribution in [3.05, 3.63) is 59.4 Å². The van der Waals surface area contributed by atoms with Crippen LogP contribution in [0.1, 0.15) is 22.8 Å². The Kier molecular flexibility index (Phi) is 4.71. The van der Waals surface area contributed by atoms with E-state index in [2.05, 4.69) is 5.32 Å². The van der Waals surface area contributed by atoms with Crippen molar-refractivity contribution in [3.8, 4) is 0 Å². The Morgan fingerprint density at radius 1 is 1.23 bits per heavy atom. The molecule has 0 radical (unpaired) electrons. The highest BCUT2D eigenvalue weighted by molar-refractivity contribution is 6.11. The largest absolute Gasteiger partial charge is 0.449 e. The van der Waals surface area contributed by atoms with Crippen LogP contribution in [-0.4, -0.2) is 30.4 Å². The average molecular weight is 356 g/mol. The maximum atomic E-state index is 13.6. The van der Waals surface area contributed by atoms with Gasteiger partial charge in [-0.1, -0.05) is 18.2 Å². The smallest absolute Gasteiger partial charge is 0.339 e. The van der Waals surface area contributed by atoms with Gasteiger partial charge in [-0.25, -0.2) is 9.18 Å². The van der Waals surface area contributed by atoms with E-state index >= 15 is 0 Å². The Labute approximate surface area is 149 Å². The van der Waals surface area contributed by atoms with E-state index in [-0.39, 0.29) is 18.0 Å². The van der Waals surface area contributed by atoms with Crippen LogP contribution < -0.4 is 10.2 Å². The lowest BCUT2D eigenvalue weighted by molar-refractivity contribution is -0.128. The molecule has 1 N–H and O–H groups in total. The zero-order valence-electron chi connectivity index (χ0n) is 14.3. The number of nitrogens with one attached hydrogen (secondary N) is 1. The molecule has 0 unspecified atom stereocenters. The second-order valence-electron chi connectivity index (χ2n) is 6.00. The maximum absolute atomic E-state index is 13.6. The van der Waals surface area contributed by atoms with Gasteiger partial charge in [0.05, 0.1) is 16.9 Å². The number of esters is 1. The topological polar surface area (TPSA) is 75.7 Å². The van der Waals surface area contributed by atoms with Gasteiger partial charge in [0.25, 0.3) is 5.91 Å². The Hall–Kier alpha value is -3.22. The van der Waals surface area contributed by atoms with Crippen molar-refractivity contribution in [2.75, 3.05) is 16.8 Å².